The fourth-order valence-electron chi connectivity index (χ4n) is 5.44. The molecule has 2 unspecified atom stereocenters. The number of hydrogen-bond acceptors (Lipinski definition) is 3. The summed E-state index contributed by atoms with van der Waals surface area (Å²) in [6.45, 7) is 34.6. The Kier molecular flexibility index (Phi) is 9.88. The molecular formula is C31H60O3Si2. The molecule has 6 atom stereocenters. The molecule has 0 aromatic rings. The molecular weight excluding hydrogens is 477 g/mol. The van der Waals surface area contributed by atoms with Crippen LogP contribution in [0.15, 0.2) is 24.3 Å². The third-order valence-corrected chi connectivity index (χ3v) is 19.2. The van der Waals surface area contributed by atoms with Gasteiger partial charge >= 0.3 is 0 Å². The topological polar surface area (TPSA) is 38.7 Å². The highest BCUT2D eigenvalue weighted by Crippen LogP contribution is 2.53. The lowest BCUT2D eigenvalue weighted by Gasteiger charge is -2.44. The van der Waals surface area contributed by atoms with Gasteiger partial charge in [0.25, 0.3) is 0 Å². The van der Waals surface area contributed by atoms with Gasteiger partial charge in [-0.2, -0.15) is 0 Å². The number of aliphatic hydroxyl groups excluding tert-OH is 1. The molecule has 0 amide bonds. The Morgan fingerprint density at radius 1 is 0.972 bits per heavy atom. The van der Waals surface area contributed by atoms with Crippen LogP contribution in [0.5, 0.6) is 0 Å². The van der Waals surface area contributed by atoms with Crippen molar-refractivity contribution >= 4 is 16.6 Å². The second-order valence-corrected chi connectivity index (χ2v) is 25.2. The maximum Gasteiger partial charge on any atom is 0.192 e. The van der Waals surface area contributed by atoms with E-state index in [1.807, 2.05) is 0 Å². The minimum absolute atomic E-state index is 0.0641. The van der Waals surface area contributed by atoms with Crippen LogP contribution in [0.3, 0.4) is 0 Å². The zero-order valence-corrected chi connectivity index (χ0v) is 28.1. The van der Waals surface area contributed by atoms with Crippen LogP contribution in [0.25, 0.3) is 0 Å². The lowest BCUT2D eigenvalue weighted by atomic mass is 9.80. The Balaban J connectivity index is 2.43. The molecule has 0 heterocycles. The van der Waals surface area contributed by atoms with Gasteiger partial charge in [-0.3, -0.25) is 0 Å². The van der Waals surface area contributed by atoms with E-state index in [1.165, 1.54) is 12.8 Å². The molecule has 3 nitrogen and oxygen atoms in total. The van der Waals surface area contributed by atoms with Gasteiger partial charge < -0.3 is 14.0 Å². The summed E-state index contributed by atoms with van der Waals surface area (Å²) < 4.78 is 14.2. The maximum absolute atomic E-state index is 10.9. The van der Waals surface area contributed by atoms with Crippen LogP contribution in [0.2, 0.25) is 36.3 Å². The van der Waals surface area contributed by atoms with Crippen molar-refractivity contribution in [2.45, 2.75) is 149 Å². The van der Waals surface area contributed by atoms with Crippen LogP contribution in [0, 0.1) is 23.2 Å². The normalized spacial score (nSPS) is 29.3. The number of fused-ring (bicyclic) bond motifs is 1. The molecule has 2 fully saturated rings. The lowest BCUT2D eigenvalue weighted by molar-refractivity contribution is 0.0881. The maximum atomic E-state index is 10.9. The first-order chi connectivity index (χ1) is 16.1. The molecule has 2 aliphatic rings. The van der Waals surface area contributed by atoms with Crippen molar-refractivity contribution in [2.24, 2.45) is 23.2 Å². The first kappa shape index (κ1) is 32.0. The van der Waals surface area contributed by atoms with Crippen molar-refractivity contribution in [3.05, 3.63) is 24.3 Å². The van der Waals surface area contributed by atoms with Crippen LogP contribution in [-0.4, -0.2) is 40.1 Å². The SMILES string of the molecule is C=C1C[C@@H]2[C@H](C=CC(O[Si](C)(C)C(C)(C)C)C(C)(C)CCCC)[C@H](O[Si](C)(C)C(C)(C)C)C[C@@H]2C1O. The molecule has 0 aromatic heterocycles. The van der Waals surface area contributed by atoms with Crippen molar-refractivity contribution in [1.29, 1.82) is 0 Å². The van der Waals surface area contributed by atoms with Gasteiger partial charge in [0.2, 0.25) is 0 Å². The minimum Gasteiger partial charge on any atom is -0.413 e. The monoisotopic (exact) mass is 536 g/mol. The Bertz CT molecular complexity index is 785. The van der Waals surface area contributed by atoms with Gasteiger partial charge in [-0.05, 0) is 78.4 Å². The summed E-state index contributed by atoms with van der Waals surface area (Å²) in [5, 5.41) is 11.3. The van der Waals surface area contributed by atoms with Gasteiger partial charge in [-0.1, -0.05) is 93.9 Å². The van der Waals surface area contributed by atoms with Crippen molar-refractivity contribution in [3.8, 4) is 0 Å². The van der Waals surface area contributed by atoms with Crippen LogP contribution in [0.4, 0.5) is 0 Å². The van der Waals surface area contributed by atoms with Crippen LogP contribution in [0.1, 0.15) is 94.4 Å². The molecule has 0 aromatic carbocycles. The van der Waals surface area contributed by atoms with E-state index in [9.17, 15) is 5.11 Å². The van der Waals surface area contributed by atoms with Gasteiger partial charge in [0.1, 0.15) is 0 Å². The smallest absolute Gasteiger partial charge is 0.192 e. The highest BCUT2D eigenvalue weighted by molar-refractivity contribution is 6.74. The molecule has 5 heteroatoms. The molecule has 210 valence electrons. The molecule has 0 spiro atoms. The van der Waals surface area contributed by atoms with Crippen molar-refractivity contribution < 1.29 is 14.0 Å². The average Bonchev–Trinajstić information content (AvgIpc) is 3.16. The summed E-state index contributed by atoms with van der Waals surface area (Å²) in [5.41, 5.74) is 1.07. The first-order valence-electron chi connectivity index (χ1n) is 14.5. The number of hydrogen-bond donors (Lipinski definition) is 1. The zero-order chi connectivity index (χ0) is 27.9. The van der Waals surface area contributed by atoms with E-state index in [2.05, 4.69) is 107 Å². The zero-order valence-electron chi connectivity index (χ0n) is 26.1. The average molecular weight is 537 g/mol. The van der Waals surface area contributed by atoms with Gasteiger partial charge in [0.15, 0.2) is 16.6 Å². The largest absolute Gasteiger partial charge is 0.413 e. The quantitative estimate of drug-likeness (QED) is 0.223. The summed E-state index contributed by atoms with van der Waals surface area (Å²) in [7, 11) is -3.89. The van der Waals surface area contributed by atoms with Gasteiger partial charge in [0, 0.05) is 5.92 Å². The van der Waals surface area contributed by atoms with Crippen LogP contribution < -0.4 is 0 Å². The Morgan fingerprint density at radius 2 is 1.53 bits per heavy atom. The van der Waals surface area contributed by atoms with E-state index >= 15 is 0 Å². The number of rotatable bonds is 10. The molecule has 0 radical (unpaired) electrons. The van der Waals surface area contributed by atoms with Crippen LogP contribution >= 0.6 is 0 Å². The summed E-state index contributed by atoms with van der Waals surface area (Å²) in [6, 6.07) is 0. The fourth-order valence-corrected chi connectivity index (χ4v) is 8.19. The van der Waals surface area contributed by atoms with Crippen molar-refractivity contribution in [1.82, 2.24) is 0 Å². The molecule has 0 saturated heterocycles. The highest BCUT2D eigenvalue weighted by Gasteiger charge is 2.53. The predicted octanol–water partition coefficient (Wildman–Crippen LogP) is 9.11. The summed E-state index contributed by atoms with van der Waals surface area (Å²) in [4.78, 5) is 0. The fraction of sp³-hybridized carbons (Fsp3) is 0.871. The molecule has 0 aliphatic heterocycles. The predicted molar refractivity (Wildman–Crippen MR) is 161 cm³/mol. The van der Waals surface area contributed by atoms with Gasteiger partial charge in [0.05, 0.1) is 18.3 Å². The van der Waals surface area contributed by atoms with Crippen LogP contribution in [-0.2, 0) is 8.85 Å². The summed E-state index contributed by atoms with van der Waals surface area (Å²) in [5.74, 6) is 0.964. The Labute approximate surface area is 226 Å². The number of unbranched alkanes of at least 4 members (excludes halogenated alkanes) is 1. The minimum atomic E-state index is -1.95. The molecule has 2 saturated carbocycles. The molecule has 2 rings (SSSR count). The standard InChI is InChI=1S/C31H60O3Si2/c1-15-16-19-31(9,10)27(34-36(13,14)30(6,7)8)18-17-23-24-20-22(2)28(32)25(24)21-26(23)33-35(11,12)29(3,4)5/h17-18,23-28,32H,2,15-16,19-21H2,1,3-14H3/t23-,24+,25-,26+,27?,28?/m0/s1. The molecule has 0 bridgehead atoms. The third kappa shape index (κ3) is 7.05. The molecule has 2 aliphatic carbocycles. The van der Waals surface area contributed by atoms with Crippen molar-refractivity contribution in [3.63, 3.8) is 0 Å². The van der Waals surface area contributed by atoms with E-state index < -0.39 is 16.6 Å². The van der Waals surface area contributed by atoms with E-state index in [-0.39, 0.29) is 39.7 Å². The molecule has 36 heavy (non-hydrogen) atoms. The Morgan fingerprint density at radius 3 is 2.03 bits per heavy atom. The second kappa shape index (κ2) is 11.1. The third-order valence-electron chi connectivity index (χ3n) is 10.2. The first-order valence-corrected chi connectivity index (χ1v) is 20.4. The van der Waals surface area contributed by atoms with E-state index in [0.29, 0.717) is 11.8 Å². The summed E-state index contributed by atoms with van der Waals surface area (Å²) >= 11 is 0. The van der Waals surface area contributed by atoms with E-state index in [4.69, 9.17) is 8.85 Å². The van der Waals surface area contributed by atoms with Gasteiger partial charge in [-0.15, -0.1) is 0 Å². The lowest BCUT2D eigenvalue weighted by Crippen LogP contribution is -2.47. The van der Waals surface area contributed by atoms with E-state index in [1.54, 1.807) is 0 Å². The van der Waals surface area contributed by atoms with Gasteiger partial charge in [-0.25, -0.2) is 0 Å². The van der Waals surface area contributed by atoms with E-state index in [0.717, 1.165) is 24.8 Å². The second-order valence-electron chi connectivity index (χ2n) is 15.6. The summed E-state index contributed by atoms with van der Waals surface area (Å²) in [6.07, 6.45) is 10.1. The van der Waals surface area contributed by atoms with Crippen molar-refractivity contribution in [2.75, 3.05) is 0 Å². The number of aliphatic hydroxyl groups is 1. The molecule has 1 N–H and O–H groups in total. The highest BCUT2D eigenvalue weighted by atomic mass is 28.4. The Hall–Kier alpha value is -0.206.